The van der Waals surface area contributed by atoms with Crippen molar-refractivity contribution in [3.8, 4) is 0 Å². The molecule has 0 bridgehead atoms. The predicted molar refractivity (Wildman–Crippen MR) is 76.7 cm³/mol. The number of nitrogens with zero attached hydrogens (tertiary/aromatic N) is 2. The van der Waals surface area contributed by atoms with Gasteiger partial charge in [0.25, 0.3) is 0 Å². The molecular weight excluding hydrogens is 222 g/mol. The van der Waals surface area contributed by atoms with Gasteiger partial charge in [0.05, 0.1) is 0 Å². The molecule has 0 aromatic carbocycles. The Morgan fingerprint density at radius 3 is 2.06 bits per heavy atom. The number of aromatic nitrogens is 2. The second-order valence-corrected chi connectivity index (χ2v) is 6.13. The molecule has 18 heavy (non-hydrogen) atoms. The molecule has 0 aliphatic rings. The van der Waals surface area contributed by atoms with Crippen LogP contribution in [0.5, 0.6) is 0 Å². The Morgan fingerprint density at radius 2 is 1.61 bits per heavy atom. The molecule has 3 heteroatoms. The maximum absolute atomic E-state index is 4.64. The van der Waals surface area contributed by atoms with E-state index in [1.807, 2.05) is 0 Å². The van der Waals surface area contributed by atoms with E-state index in [0.29, 0.717) is 5.41 Å². The van der Waals surface area contributed by atoms with Crippen LogP contribution in [0.1, 0.15) is 56.9 Å². The van der Waals surface area contributed by atoms with Crippen molar-refractivity contribution < 1.29 is 0 Å². The molecule has 0 amide bonds. The van der Waals surface area contributed by atoms with Crippen LogP contribution in [0.25, 0.3) is 0 Å². The maximum atomic E-state index is 4.64. The minimum Gasteiger partial charge on any atom is -0.313 e. The maximum Gasteiger partial charge on any atom is 0.128 e. The van der Waals surface area contributed by atoms with E-state index in [0.717, 1.165) is 43.1 Å². The molecule has 1 rings (SSSR count). The van der Waals surface area contributed by atoms with Crippen molar-refractivity contribution in [3.63, 3.8) is 0 Å². The molecule has 0 spiro atoms. The fraction of sp³-hybridized carbons (Fsp3) is 0.733. The van der Waals surface area contributed by atoms with Crippen molar-refractivity contribution in [2.24, 2.45) is 5.41 Å². The first-order chi connectivity index (χ1) is 8.33. The second-order valence-electron chi connectivity index (χ2n) is 6.13. The highest BCUT2D eigenvalue weighted by atomic mass is 14.9. The van der Waals surface area contributed by atoms with Crippen LogP contribution in [0.15, 0.2) is 0 Å². The third-order valence-corrected chi connectivity index (χ3v) is 3.12. The molecule has 102 valence electrons. The highest BCUT2D eigenvalue weighted by molar-refractivity contribution is 5.24. The molecule has 0 saturated carbocycles. The van der Waals surface area contributed by atoms with Crippen molar-refractivity contribution in [2.75, 3.05) is 6.54 Å². The molecule has 0 aliphatic carbocycles. The largest absolute Gasteiger partial charge is 0.313 e. The third-order valence-electron chi connectivity index (χ3n) is 3.12. The summed E-state index contributed by atoms with van der Waals surface area (Å²) in [7, 11) is 0. The molecule has 0 radical (unpaired) electrons. The van der Waals surface area contributed by atoms with Gasteiger partial charge >= 0.3 is 0 Å². The Balaban J connectivity index is 2.79. The highest BCUT2D eigenvalue weighted by Gasteiger charge is 2.13. The van der Waals surface area contributed by atoms with Crippen LogP contribution in [0, 0.1) is 19.3 Å². The fourth-order valence-corrected chi connectivity index (χ4v) is 1.91. The van der Waals surface area contributed by atoms with Gasteiger partial charge in [0, 0.05) is 29.9 Å². The van der Waals surface area contributed by atoms with Gasteiger partial charge in [-0.05, 0) is 32.2 Å². The number of rotatable bonds is 5. The van der Waals surface area contributed by atoms with E-state index in [9.17, 15) is 0 Å². The first-order valence-electron chi connectivity index (χ1n) is 6.87. The summed E-state index contributed by atoms with van der Waals surface area (Å²) >= 11 is 0. The van der Waals surface area contributed by atoms with Gasteiger partial charge in [0.15, 0.2) is 0 Å². The normalized spacial score (nSPS) is 11.9. The minimum atomic E-state index is 0.341. The van der Waals surface area contributed by atoms with E-state index >= 15 is 0 Å². The van der Waals surface area contributed by atoms with Gasteiger partial charge in [-0.2, -0.15) is 0 Å². The summed E-state index contributed by atoms with van der Waals surface area (Å²) in [5, 5.41) is 3.34. The second kappa shape index (κ2) is 6.28. The molecule has 0 unspecified atom stereocenters. The van der Waals surface area contributed by atoms with Gasteiger partial charge in [-0.25, -0.2) is 9.97 Å². The Labute approximate surface area is 111 Å². The lowest BCUT2D eigenvalue weighted by Gasteiger charge is -2.18. The van der Waals surface area contributed by atoms with Gasteiger partial charge in [-0.1, -0.05) is 27.7 Å². The Hall–Kier alpha value is -0.960. The lowest BCUT2D eigenvalue weighted by molar-refractivity contribution is 0.374. The predicted octanol–water partition coefficient (Wildman–Crippen LogP) is 3.18. The average molecular weight is 249 g/mol. The summed E-state index contributed by atoms with van der Waals surface area (Å²) in [4.78, 5) is 9.28. The number of hydrogen-bond acceptors (Lipinski definition) is 3. The van der Waals surface area contributed by atoms with Crippen molar-refractivity contribution >= 4 is 0 Å². The Bertz CT molecular complexity index is 368. The van der Waals surface area contributed by atoms with E-state index in [4.69, 9.17) is 0 Å². The molecular formula is C15H27N3. The van der Waals surface area contributed by atoms with Crippen LogP contribution in [0.4, 0.5) is 0 Å². The quantitative estimate of drug-likeness (QED) is 0.871. The molecule has 1 heterocycles. The van der Waals surface area contributed by atoms with E-state index in [-0.39, 0.29) is 0 Å². The molecule has 3 nitrogen and oxygen atoms in total. The summed E-state index contributed by atoms with van der Waals surface area (Å²) in [6, 6.07) is 0. The van der Waals surface area contributed by atoms with Gasteiger partial charge in [-0.15, -0.1) is 0 Å². The van der Waals surface area contributed by atoms with Crippen molar-refractivity contribution in [1.29, 1.82) is 0 Å². The molecule has 1 N–H and O–H groups in total. The van der Waals surface area contributed by atoms with Gasteiger partial charge in [0.2, 0.25) is 0 Å². The van der Waals surface area contributed by atoms with Crippen LogP contribution in [0.2, 0.25) is 0 Å². The Morgan fingerprint density at radius 1 is 1.06 bits per heavy atom. The lowest BCUT2D eigenvalue weighted by atomic mass is 9.90. The third kappa shape index (κ3) is 4.73. The van der Waals surface area contributed by atoms with E-state index in [1.165, 1.54) is 5.56 Å². The zero-order valence-electron chi connectivity index (χ0n) is 12.7. The summed E-state index contributed by atoms with van der Waals surface area (Å²) in [5.41, 5.74) is 3.82. The summed E-state index contributed by atoms with van der Waals surface area (Å²) < 4.78 is 0. The Kier molecular flexibility index (Phi) is 5.27. The average Bonchev–Trinajstić information content (AvgIpc) is 2.24. The lowest BCUT2D eigenvalue weighted by Crippen LogP contribution is -2.16. The first-order valence-corrected chi connectivity index (χ1v) is 6.87. The smallest absolute Gasteiger partial charge is 0.128 e. The molecule has 0 atom stereocenters. The highest BCUT2D eigenvalue weighted by Crippen LogP contribution is 2.21. The van der Waals surface area contributed by atoms with Crippen LogP contribution in [0.3, 0.4) is 0 Å². The van der Waals surface area contributed by atoms with Crippen molar-refractivity contribution in [2.45, 2.75) is 60.9 Å². The summed E-state index contributed by atoms with van der Waals surface area (Å²) in [6.45, 7) is 14.9. The molecule has 0 fully saturated rings. The van der Waals surface area contributed by atoms with Crippen molar-refractivity contribution in [1.82, 2.24) is 15.3 Å². The van der Waals surface area contributed by atoms with Crippen LogP contribution < -0.4 is 5.32 Å². The molecule has 0 saturated heterocycles. The molecule has 1 aromatic rings. The van der Waals surface area contributed by atoms with Crippen LogP contribution in [-0.2, 0) is 13.0 Å². The van der Waals surface area contributed by atoms with Gasteiger partial charge in [-0.3, -0.25) is 0 Å². The van der Waals surface area contributed by atoms with Gasteiger partial charge in [0.1, 0.15) is 5.82 Å². The van der Waals surface area contributed by atoms with Crippen LogP contribution >= 0.6 is 0 Å². The summed E-state index contributed by atoms with van der Waals surface area (Å²) in [5.74, 6) is 0.986. The fourth-order valence-electron chi connectivity index (χ4n) is 1.91. The van der Waals surface area contributed by atoms with E-state index in [1.54, 1.807) is 0 Å². The molecule has 1 aromatic heterocycles. The van der Waals surface area contributed by atoms with E-state index in [2.05, 4.69) is 56.8 Å². The summed E-state index contributed by atoms with van der Waals surface area (Å²) in [6.07, 6.45) is 2.09. The first kappa shape index (κ1) is 15.1. The number of nitrogens with one attached hydrogen (secondary N) is 1. The van der Waals surface area contributed by atoms with E-state index < -0.39 is 0 Å². The monoisotopic (exact) mass is 249 g/mol. The minimum absolute atomic E-state index is 0.341. The zero-order chi connectivity index (χ0) is 13.8. The van der Waals surface area contributed by atoms with Gasteiger partial charge < -0.3 is 5.32 Å². The SMILES string of the molecule is CCNCc1c(C)nc(CCC(C)(C)C)nc1C. The van der Waals surface area contributed by atoms with Crippen molar-refractivity contribution in [3.05, 3.63) is 22.8 Å². The zero-order valence-corrected chi connectivity index (χ0v) is 12.7. The topological polar surface area (TPSA) is 37.8 Å². The number of aryl methyl sites for hydroxylation is 3. The standard InChI is InChI=1S/C15H27N3/c1-7-16-10-13-11(2)17-14(18-12(13)3)8-9-15(4,5)6/h16H,7-10H2,1-6H3. The molecule has 0 aliphatic heterocycles. The van der Waals surface area contributed by atoms with Crippen LogP contribution in [-0.4, -0.2) is 16.5 Å². The number of hydrogen-bond donors (Lipinski definition) is 1.